The molecule has 0 bridgehead atoms. The lowest BCUT2D eigenvalue weighted by atomic mass is 10.0. The van der Waals surface area contributed by atoms with Crippen LogP contribution in [-0.4, -0.2) is 24.4 Å². The van der Waals surface area contributed by atoms with Crippen LogP contribution in [0.25, 0.3) is 11.0 Å². The second-order valence-corrected chi connectivity index (χ2v) is 6.98. The third-order valence-corrected chi connectivity index (χ3v) is 4.64. The highest BCUT2D eigenvalue weighted by Crippen LogP contribution is 2.25. The van der Waals surface area contributed by atoms with E-state index >= 15 is 0 Å². The molecule has 29 heavy (non-hydrogen) atoms. The summed E-state index contributed by atoms with van der Waals surface area (Å²) in [6, 6.07) is 10.0. The van der Waals surface area contributed by atoms with Crippen molar-refractivity contribution >= 4 is 40.4 Å². The second-order valence-electron chi connectivity index (χ2n) is 6.54. The standard InChI is InChI=1S/C21H19ClN2O5/c1-12-7-17-15(10-28-18(17)8-13(12)2)9-20(26)29-11-19(25)23-24-21(27)14-3-5-16(22)6-4-14/h3-8,10H,9,11H2,1-2H3,(H,23,25)(H,24,27). The fourth-order valence-corrected chi connectivity index (χ4v) is 2.79. The Morgan fingerprint density at radius 2 is 1.72 bits per heavy atom. The molecule has 2 aromatic carbocycles. The number of hydrazine groups is 1. The summed E-state index contributed by atoms with van der Waals surface area (Å²) in [6.07, 6.45) is 1.48. The number of fused-ring (bicyclic) bond motifs is 1. The summed E-state index contributed by atoms with van der Waals surface area (Å²) < 4.78 is 10.5. The zero-order chi connectivity index (χ0) is 21.0. The molecule has 0 aliphatic carbocycles. The quantitative estimate of drug-likeness (QED) is 0.493. The van der Waals surface area contributed by atoms with Gasteiger partial charge in [0.05, 0.1) is 12.7 Å². The molecule has 7 nitrogen and oxygen atoms in total. The van der Waals surface area contributed by atoms with Gasteiger partial charge in [0.25, 0.3) is 11.8 Å². The van der Waals surface area contributed by atoms with Gasteiger partial charge in [0, 0.05) is 21.5 Å². The number of carbonyl (C=O) groups excluding carboxylic acids is 3. The van der Waals surface area contributed by atoms with E-state index in [1.807, 2.05) is 26.0 Å². The Kier molecular flexibility index (Phi) is 6.19. The lowest BCUT2D eigenvalue weighted by molar-refractivity contribution is -0.148. The Morgan fingerprint density at radius 3 is 2.45 bits per heavy atom. The highest BCUT2D eigenvalue weighted by molar-refractivity contribution is 6.30. The number of ether oxygens (including phenoxy) is 1. The van der Waals surface area contributed by atoms with Crippen LogP contribution in [0.15, 0.2) is 47.1 Å². The van der Waals surface area contributed by atoms with E-state index in [1.54, 1.807) is 12.1 Å². The maximum atomic E-state index is 12.1. The van der Waals surface area contributed by atoms with E-state index in [9.17, 15) is 14.4 Å². The Hall–Kier alpha value is -3.32. The van der Waals surface area contributed by atoms with Crippen LogP contribution in [0, 0.1) is 13.8 Å². The van der Waals surface area contributed by atoms with Crippen LogP contribution in [0.4, 0.5) is 0 Å². The Morgan fingerprint density at radius 1 is 1.03 bits per heavy atom. The smallest absolute Gasteiger partial charge is 0.310 e. The molecule has 150 valence electrons. The Balaban J connectivity index is 1.48. The molecule has 0 radical (unpaired) electrons. The second kappa shape index (κ2) is 8.79. The van der Waals surface area contributed by atoms with Gasteiger partial charge in [0.15, 0.2) is 6.61 Å². The van der Waals surface area contributed by atoms with E-state index in [4.69, 9.17) is 20.8 Å². The molecule has 0 atom stereocenters. The number of benzene rings is 2. The first-order valence-corrected chi connectivity index (χ1v) is 9.19. The van der Waals surface area contributed by atoms with Gasteiger partial charge in [-0.15, -0.1) is 0 Å². The average molecular weight is 415 g/mol. The van der Waals surface area contributed by atoms with Crippen molar-refractivity contribution in [2.45, 2.75) is 20.3 Å². The lowest BCUT2D eigenvalue weighted by Crippen LogP contribution is -2.43. The van der Waals surface area contributed by atoms with Crippen molar-refractivity contribution in [2.24, 2.45) is 0 Å². The Labute approximate surface area is 171 Å². The predicted molar refractivity (Wildman–Crippen MR) is 107 cm³/mol. The molecule has 0 fully saturated rings. The molecular weight excluding hydrogens is 396 g/mol. The van der Waals surface area contributed by atoms with Crippen LogP contribution in [-0.2, 0) is 20.7 Å². The van der Waals surface area contributed by atoms with Crippen molar-refractivity contribution in [3.05, 3.63) is 69.9 Å². The van der Waals surface area contributed by atoms with Gasteiger partial charge < -0.3 is 9.15 Å². The number of halogens is 1. The first kappa shape index (κ1) is 20.4. The van der Waals surface area contributed by atoms with Crippen molar-refractivity contribution < 1.29 is 23.5 Å². The number of nitrogens with one attached hydrogen (secondary N) is 2. The van der Waals surface area contributed by atoms with Gasteiger partial charge in [0.1, 0.15) is 5.58 Å². The number of amides is 2. The van der Waals surface area contributed by atoms with Crippen molar-refractivity contribution in [3.8, 4) is 0 Å². The molecule has 1 aromatic heterocycles. The van der Waals surface area contributed by atoms with E-state index in [0.29, 0.717) is 21.7 Å². The normalized spacial score (nSPS) is 10.6. The third kappa shape index (κ3) is 5.14. The number of esters is 1. The van der Waals surface area contributed by atoms with Crippen LogP contribution < -0.4 is 10.9 Å². The van der Waals surface area contributed by atoms with Gasteiger partial charge in [-0.2, -0.15) is 0 Å². The summed E-state index contributed by atoms with van der Waals surface area (Å²) in [7, 11) is 0. The number of hydrogen-bond acceptors (Lipinski definition) is 5. The minimum absolute atomic E-state index is 0.0279. The molecule has 0 aliphatic heterocycles. The van der Waals surface area contributed by atoms with Gasteiger partial charge in [-0.05, 0) is 61.4 Å². The average Bonchev–Trinajstić information content (AvgIpc) is 3.06. The largest absolute Gasteiger partial charge is 0.464 e. The first-order valence-electron chi connectivity index (χ1n) is 8.81. The molecule has 1 heterocycles. The van der Waals surface area contributed by atoms with E-state index in [0.717, 1.165) is 16.5 Å². The fourth-order valence-electron chi connectivity index (χ4n) is 2.66. The molecule has 3 aromatic rings. The summed E-state index contributed by atoms with van der Waals surface area (Å²) in [4.78, 5) is 35.7. The number of aryl methyl sites for hydroxylation is 2. The maximum Gasteiger partial charge on any atom is 0.310 e. The number of furan rings is 1. The summed E-state index contributed by atoms with van der Waals surface area (Å²) in [6.45, 7) is 3.44. The molecule has 2 amide bonds. The molecule has 0 unspecified atom stereocenters. The number of carbonyl (C=O) groups is 3. The summed E-state index contributed by atoms with van der Waals surface area (Å²) in [5.74, 6) is -1.76. The molecule has 0 spiro atoms. The summed E-state index contributed by atoms with van der Waals surface area (Å²) >= 11 is 5.76. The van der Waals surface area contributed by atoms with Crippen LogP contribution in [0.1, 0.15) is 27.0 Å². The van der Waals surface area contributed by atoms with Crippen molar-refractivity contribution in [1.29, 1.82) is 0 Å². The zero-order valence-electron chi connectivity index (χ0n) is 15.9. The van der Waals surface area contributed by atoms with E-state index < -0.39 is 24.4 Å². The van der Waals surface area contributed by atoms with Crippen molar-refractivity contribution in [3.63, 3.8) is 0 Å². The van der Waals surface area contributed by atoms with E-state index in [1.165, 1.54) is 18.4 Å². The zero-order valence-corrected chi connectivity index (χ0v) is 16.6. The van der Waals surface area contributed by atoms with Gasteiger partial charge in [-0.3, -0.25) is 25.2 Å². The van der Waals surface area contributed by atoms with Crippen LogP contribution in [0.2, 0.25) is 5.02 Å². The van der Waals surface area contributed by atoms with E-state index in [-0.39, 0.29) is 6.42 Å². The highest BCUT2D eigenvalue weighted by atomic mass is 35.5. The monoisotopic (exact) mass is 414 g/mol. The predicted octanol–water partition coefficient (Wildman–Crippen LogP) is 3.25. The maximum absolute atomic E-state index is 12.1. The molecule has 0 saturated carbocycles. The van der Waals surface area contributed by atoms with Gasteiger partial charge in [-0.25, -0.2) is 0 Å². The molecule has 2 N–H and O–H groups in total. The van der Waals surface area contributed by atoms with Gasteiger partial charge >= 0.3 is 5.97 Å². The van der Waals surface area contributed by atoms with Crippen LogP contribution in [0.3, 0.4) is 0 Å². The summed E-state index contributed by atoms with van der Waals surface area (Å²) in [5, 5.41) is 1.33. The van der Waals surface area contributed by atoms with Crippen molar-refractivity contribution in [1.82, 2.24) is 10.9 Å². The van der Waals surface area contributed by atoms with E-state index in [2.05, 4.69) is 10.9 Å². The molecule has 0 aliphatic rings. The summed E-state index contributed by atoms with van der Waals surface area (Å²) in [5.41, 5.74) is 8.31. The molecule has 0 saturated heterocycles. The fraction of sp³-hybridized carbons (Fsp3) is 0.190. The van der Waals surface area contributed by atoms with Crippen LogP contribution >= 0.6 is 11.6 Å². The minimum atomic E-state index is -0.663. The Bertz CT molecular complexity index is 1070. The molecule has 3 rings (SSSR count). The minimum Gasteiger partial charge on any atom is -0.464 e. The topological polar surface area (TPSA) is 97.6 Å². The van der Waals surface area contributed by atoms with Crippen molar-refractivity contribution in [2.75, 3.05) is 6.61 Å². The molecular formula is C21H19ClN2O5. The SMILES string of the molecule is Cc1cc2occ(CC(=O)OCC(=O)NNC(=O)c3ccc(Cl)cc3)c2cc1C. The third-order valence-electron chi connectivity index (χ3n) is 4.39. The first-order chi connectivity index (χ1) is 13.8. The highest BCUT2D eigenvalue weighted by Gasteiger charge is 2.14. The number of hydrogen-bond donors (Lipinski definition) is 2. The number of rotatable bonds is 5. The molecule has 8 heteroatoms. The van der Waals surface area contributed by atoms with Gasteiger partial charge in [0.2, 0.25) is 0 Å². The lowest BCUT2D eigenvalue weighted by Gasteiger charge is -2.08. The van der Waals surface area contributed by atoms with Gasteiger partial charge in [-0.1, -0.05) is 11.6 Å². The van der Waals surface area contributed by atoms with Crippen LogP contribution in [0.5, 0.6) is 0 Å².